The third-order valence-electron chi connectivity index (χ3n) is 6.95. The van der Waals surface area contributed by atoms with E-state index in [9.17, 15) is 19.5 Å². The summed E-state index contributed by atoms with van der Waals surface area (Å²) in [6.45, 7) is 6.70. The Hall–Kier alpha value is -4.64. The second kappa shape index (κ2) is 11.1. The molecule has 11 nitrogen and oxygen atoms in total. The molecule has 0 bridgehead atoms. The van der Waals surface area contributed by atoms with Gasteiger partial charge in [0.15, 0.2) is 0 Å². The predicted octanol–water partition coefficient (Wildman–Crippen LogP) is 4.53. The standard InChI is InChI=1S/C30H34N6O5/c1-30(2,3)41-29(40)34-22-10-11-35(17-22)28(39)33-23-12-18-6-4-5-7-24(18)20(13-23)16-36-25(27(37)38)14-19-8-9-21(15-31)32-26(19)36/h4-9,12-14,22H,10-11,15-17,31H2,1-3H3,(H,33,39)(H,34,40)(H,37,38). The Labute approximate surface area is 237 Å². The molecule has 1 unspecified atom stereocenters. The van der Waals surface area contributed by atoms with Crippen LogP contribution >= 0.6 is 0 Å². The van der Waals surface area contributed by atoms with E-state index in [1.165, 1.54) is 0 Å². The van der Waals surface area contributed by atoms with Crippen LogP contribution < -0.4 is 16.4 Å². The molecule has 1 fully saturated rings. The normalized spacial score (nSPS) is 15.3. The van der Waals surface area contributed by atoms with Crippen molar-refractivity contribution in [3.05, 3.63) is 71.5 Å². The molecular weight excluding hydrogens is 524 g/mol. The summed E-state index contributed by atoms with van der Waals surface area (Å²) in [4.78, 5) is 43.8. The summed E-state index contributed by atoms with van der Waals surface area (Å²) in [6.07, 6.45) is 0.113. The average Bonchev–Trinajstić information content (AvgIpc) is 3.52. The summed E-state index contributed by atoms with van der Waals surface area (Å²) in [5.74, 6) is -1.06. The van der Waals surface area contributed by atoms with Crippen LogP contribution in [0.25, 0.3) is 21.8 Å². The molecule has 11 heteroatoms. The summed E-state index contributed by atoms with van der Waals surface area (Å²) in [5, 5.41) is 18.3. The monoisotopic (exact) mass is 558 g/mol. The van der Waals surface area contributed by atoms with Crippen molar-refractivity contribution in [1.29, 1.82) is 0 Å². The molecule has 5 rings (SSSR count). The van der Waals surface area contributed by atoms with Crippen LogP contribution in [0.3, 0.4) is 0 Å². The van der Waals surface area contributed by atoms with Gasteiger partial charge in [0.05, 0.1) is 18.3 Å². The number of nitrogens with one attached hydrogen (secondary N) is 2. The van der Waals surface area contributed by atoms with E-state index in [0.29, 0.717) is 41.9 Å². The van der Waals surface area contributed by atoms with Gasteiger partial charge in [-0.25, -0.2) is 19.4 Å². The van der Waals surface area contributed by atoms with Gasteiger partial charge in [-0.2, -0.15) is 0 Å². The summed E-state index contributed by atoms with van der Waals surface area (Å²) >= 11 is 0. The van der Waals surface area contributed by atoms with Gasteiger partial charge in [0.25, 0.3) is 0 Å². The number of amides is 3. The zero-order valence-electron chi connectivity index (χ0n) is 23.3. The zero-order valence-corrected chi connectivity index (χ0v) is 23.3. The van der Waals surface area contributed by atoms with Gasteiger partial charge < -0.3 is 35.7 Å². The lowest BCUT2D eigenvalue weighted by Gasteiger charge is -2.22. The molecule has 3 heterocycles. The summed E-state index contributed by atoms with van der Waals surface area (Å²) in [7, 11) is 0. The first kappa shape index (κ1) is 27.9. The number of nitrogens with two attached hydrogens (primary N) is 1. The number of carbonyl (C=O) groups is 3. The Morgan fingerprint density at radius 2 is 1.88 bits per heavy atom. The van der Waals surface area contributed by atoms with E-state index in [1.807, 2.05) is 42.5 Å². The van der Waals surface area contributed by atoms with E-state index >= 15 is 0 Å². The van der Waals surface area contributed by atoms with E-state index in [2.05, 4.69) is 15.6 Å². The Morgan fingerprint density at radius 1 is 1.10 bits per heavy atom. The maximum absolute atomic E-state index is 13.2. The van der Waals surface area contributed by atoms with E-state index in [-0.39, 0.29) is 30.9 Å². The molecule has 2 aromatic heterocycles. The van der Waals surface area contributed by atoms with E-state index in [4.69, 9.17) is 10.5 Å². The van der Waals surface area contributed by atoms with Gasteiger partial charge in [0, 0.05) is 30.7 Å². The Kier molecular flexibility index (Phi) is 7.55. The molecule has 1 atom stereocenters. The highest BCUT2D eigenvalue weighted by atomic mass is 16.6. The fourth-order valence-corrected chi connectivity index (χ4v) is 5.12. The van der Waals surface area contributed by atoms with Crippen LogP contribution in [0.4, 0.5) is 15.3 Å². The molecule has 0 aliphatic carbocycles. The minimum absolute atomic E-state index is 0.112. The first-order valence-electron chi connectivity index (χ1n) is 13.5. The molecule has 0 saturated carbocycles. The number of likely N-dealkylation sites (tertiary alicyclic amines) is 1. The number of fused-ring (bicyclic) bond motifs is 2. The fourth-order valence-electron chi connectivity index (χ4n) is 5.12. The van der Waals surface area contributed by atoms with Crippen molar-refractivity contribution >= 4 is 45.6 Å². The molecule has 214 valence electrons. The highest BCUT2D eigenvalue weighted by Crippen LogP contribution is 2.28. The number of pyridine rings is 1. The lowest BCUT2D eigenvalue weighted by molar-refractivity contribution is 0.0505. The van der Waals surface area contributed by atoms with E-state index in [1.54, 1.807) is 42.4 Å². The number of aromatic carboxylic acids is 1. The quantitative estimate of drug-likeness (QED) is 0.271. The number of benzene rings is 2. The van der Waals surface area contributed by atoms with E-state index in [0.717, 1.165) is 16.3 Å². The number of alkyl carbamates (subject to hydrolysis) is 1. The summed E-state index contributed by atoms with van der Waals surface area (Å²) in [6, 6.07) is 16.2. The fraction of sp³-hybridized carbons (Fsp3) is 0.333. The van der Waals surface area contributed by atoms with Crippen molar-refractivity contribution in [2.45, 2.75) is 51.9 Å². The molecular formula is C30H34N6O5. The number of carboxylic acid groups (broad SMARTS) is 1. The molecule has 41 heavy (non-hydrogen) atoms. The van der Waals surface area contributed by atoms with Crippen molar-refractivity contribution in [3.8, 4) is 0 Å². The number of aromatic nitrogens is 2. The molecule has 1 aliphatic heterocycles. The molecule has 3 amide bonds. The van der Waals surface area contributed by atoms with Crippen LogP contribution in [0.2, 0.25) is 0 Å². The number of urea groups is 1. The Morgan fingerprint density at radius 3 is 2.61 bits per heavy atom. The molecule has 5 N–H and O–H groups in total. The van der Waals surface area contributed by atoms with Gasteiger partial charge >= 0.3 is 18.1 Å². The Bertz CT molecular complexity index is 1640. The second-order valence-corrected chi connectivity index (χ2v) is 11.2. The van der Waals surface area contributed by atoms with Crippen molar-refractivity contribution in [2.75, 3.05) is 18.4 Å². The van der Waals surface area contributed by atoms with Crippen LogP contribution in [0.5, 0.6) is 0 Å². The van der Waals surface area contributed by atoms with Crippen molar-refractivity contribution in [1.82, 2.24) is 19.8 Å². The summed E-state index contributed by atoms with van der Waals surface area (Å²) < 4.78 is 7.00. The molecule has 0 radical (unpaired) electrons. The molecule has 1 aliphatic rings. The highest BCUT2D eigenvalue weighted by Gasteiger charge is 2.29. The predicted molar refractivity (Wildman–Crippen MR) is 156 cm³/mol. The molecule has 1 saturated heterocycles. The Balaban J connectivity index is 1.40. The first-order valence-corrected chi connectivity index (χ1v) is 13.5. The second-order valence-electron chi connectivity index (χ2n) is 11.2. The van der Waals surface area contributed by atoms with E-state index < -0.39 is 17.7 Å². The van der Waals surface area contributed by atoms with Crippen molar-refractivity contribution in [2.24, 2.45) is 5.73 Å². The molecule has 4 aromatic rings. The summed E-state index contributed by atoms with van der Waals surface area (Å²) in [5.41, 5.74) is 7.90. The van der Waals surface area contributed by atoms with Crippen molar-refractivity contribution < 1.29 is 24.2 Å². The largest absolute Gasteiger partial charge is 0.477 e. The van der Waals surface area contributed by atoms with Crippen LogP contribution in [0, 0.1) is 0 Å². The number of hydrogen-bond donors (Lipinski definition) is 4. The molecule has 0 spiro atoms. The zero-order chi connectivity index (χ0) is 29.3. The maximum Gasteiger partial charge on any atom is 0.407 e. The van der Waals surface area contributed by atoms with Gasteiger partial charge in [0.2, 0.25) is 0 Å². The number of anilines is 1. The van der Waals surface area contributed by atoms with Gasteiger partial charge in [0.1, 0.15) is 16.9 Å². The van der Waals surface area contributed by atoms with Crippen LogP contribution in [0.15, 0.2) is 54.6 Å². The van der Waals surface area contributed by atoms with Crippen LogP contribution in [0.1, 0.15) is 48.9 Å². The molecule has 2 aromatic carbocycles. The number of rotatable bonds is 6. The number of carbonyl (C=O) groups excluding carboxylic acids is 2. The van der Waals surface area contributed by atoms with Gasteiger partial charge in [-0.3, -0.25) is 0 Å². The minimum Gasteiger partial charge on any atom is -0.477 e. The third kappa shape index (κ3) is 6.25. The minimum atomic E-state index is -1.06. The highest BCUT2D eigenvalue weighted by molar-refractivity contribution is 5.96. The number of nitrogens with zero attached hydrogens (tertiary/aromatic N) is 3. The van der Waals surface area contributed by atoms with Gasteiger partial charge in [-0.15, -0.1) is 0 Å². The number of hydrogen-bond acceptors (Lipinski definition) is 6. The van der Waals surface area contributed by atoms with Crippen LogP contribution in [-0.4, -0.2) is 62.4 Å². The smallest absolute Gasteiger partial charge is 0.407 e. The maximum atomic E-state index is 13.2. The number of carboxylic acids is 1. The lowest BCUT2D eigenvalue weighted by Crippen LogP contribution is -2.42. The van der Waals surface area contributed by atoms with Crippen LogP contribution in [-0.2, 0) is 17.8 Å². The van der Waals surface area contributed by atoms with Gasteiger partial charge in [-0.05, 0) is 73.9 Å². The number of ether oxygens (including phenoxy) is 1. The van der Waals surface area contributed by atoms with Gasteiger partial charge in [-0.1, -0.05) is 24.3 Å². The lowest BCUT2D eigenvalue weighted by atomic mass is 10.0. The third-order valence-corrected chi connectivity index (χ3v) is 6.95. The van der Waals surface area contributed by atoms with Crippen molar-refractivity contribution in [3.63, 3.8) is 0 Å². The average molecular weight is 559 g/mol. The topological polar surface area (TPSA) is 152 Å². The first-order chi connectivity index (χ1) is 19.5. The SMILES string of the molecule is CC(C)(C)OC(=O)NC1CCN(C(=O)Nc2cc(Cn3c(C(=O)O)cc4ccc(CN)nc43)c3ccccc3c2)C1.